The minimum Gasteiger partial charge on any atom is -0.444 e. The Kier molecular flexibility index (Phi) is 4.51. The summed E-state index contributed by atoms with van der Waals surface area (Å²) < 4.78 is 5.17. The Morgan fingerprint density at radius 1 is 1.35 bits per heavy atom. The highest BCUT2D eigenvalue weighted by Gasteiger charge is 2.33. The third-order valence-corrected chi connectivity index (χ3v) is 2.83. The largest absolute Gasteiger partial charge is 0.444 e. The van der Waals surface area contributed by atoms with Crippen molar-refractivity contribution >= 4 is 11.9 Å². The molecule has 0 aromatic rings. The molecule has 0 aromatic heterocycles. The van der Waals surface area contributed by atoms with E-state index in [-0.39, 0.29) is 24.3 Å². The Hall–Kier alpha value is -1.10. The first-order chi connectivity index (χ1) is 7.83. The standard InChI is InChI=1S/C12H22N2O3/c1-12(2,3)17-11(16)14-9-6-4-5-8(9)10(15)7-13/h8-9H,4-7,13H2,1-3H3,(H,14,16)/t8-,9?/m1/s1. The molecule has 0 saturated heterocycles. The van der Waals surface area contributed by atoms with Gasteiger partial charge in [-0.1, -0.05) is 6.42 Å². The third-order valence-electron chi connectivity index (χ3n) is 2.83. The fourth-order valence-electron chi connectivity index (χ4n) is 2.13. The minimum absolute atomic E-state index is 0.0172. The van der Waals surface area contributed by atoms with Crippen molar-refractivity contribution in [3.8, 4) is 0 Å². The van der Waals surface area contributed by atoms with Gasteiger partial charge in [-0.25, -0.2) is 4.79 Å². The number of ether oxygens (including phenoxy) is 1. The van der Waals surface area contributed by atoms with Crippen LogP contribution < -0.4 is 11.1 Å². The second-order valence-corrected chi connectivity index (χ2v) is 5.46. The zero-order valence-electron chi connectivity index (χ0n) is 10.8. The maximum atomic E-state index is 11.6. The van der Waals surface area contributed by atoms with Gasteiger partial charge in [0, 0.05) is 12.0 Å². The van der Waals surface area contributed by atoms with E-state index in [1.54, 1.807) is 0 Å². The molecular formula is C12H22N2O3. The van der Waals surface area contributed by atoms with E-state index in [9.17, 15) is 9.59 Å². The summed E-state index contributed by atoms with van der Waals surface area (Å²) in [4.78, 5) is 23.2. The smallest absolute Gasteiger partial charge is 0.407 e. The summed E-state index contributed by atoms with van der Waals surface area (Å²) >= 11 is 0. The van der Waals surface area contributed by atoms with Crippen molar-refractivity contribution < 1.29 is 14.3 Å². The second kappa shape index (κ2) is 5.49. The van der Waals surface area contributed by atoms with Crippen LogP contribution in [-0.2, 0) is 9.53 Å². The van der Waals surface area contributed by atoms with E-state index in [0.717, 1.165) is 19.3 Å². The van der Waals surface area contributed by atoms with Crippen LogP contribution in [0.4, 0.5) is 4.79 Å². The molecule has 0 heterocycles. The Bertz CT molecular complexity index is 297. The number of amides is 1. The average molecular weight is 242 g/mol. The van der Waals surface area contributed by atoms with Crippen LogP contribution in [0.2, 0.25) is 0 Å². The van der Waals surface area contributed by atoms with Crippen LogP contribution in [-0.4, -0.2) is 30.1 Å². The molecule has 0 aromatic carbocycles. The Labute approximate surface area is 102 Å². The zero-order valence-corrected chi connectivity index (χ0v) is 10.8. The summed E-state index contributed by atoms with van der Waals surface area (Å²) in [6.45, 7) is 5.47. The van der Waals surface area contributed by atoms with Crippen molar-refractivity contribution in [2.75, 3.05) is 6.54 Å². The second-order valence-electron chi connectivity index (χ2n) is 5.46. The van der Waals surface area contributed by atoms with Crippen LogP contribution in [0.1, 0.15) is 40.0 Å². The van der Waals surface area contributed by atoms with E-state index in [0.29, 0.717) is 0 Å². The van der Waals surface area contributed by atoms with Gasteiger partial charge in [-0.15, -0.1) is 0 Å². The molecular weight excluding hydrogens is 220 g/mol. The summed E-state index contributed by atoms with van der Waals surface area (Å²) in [5.74, 6) is -0.129. The van der Waals surface area contributed by atoms with Crippen molar-refractivity contribution in [1.82, 2.24) is 5.32 Å². The molecule has 2 atom stereocenters. The highest BCUT2D eigenvalue weighted by atomic mass is 16.6. The van der Waals surface area contributed by atoms with Gasteiger partial charge in [-0.3, -0.25) is 4.79 Å². The van der Waals surface area contributed by atoms with Gasteiger partial charge in [0.05, 0.1) is 6.54 Å². The lowest BCUT2D eigenvalue weighted by Crippen LogP contribution is -2.43. The Balaban J connectivity index is 2.50. The van der Waals surface area contributed by atoms with Crippen molar-refractivity contribution in [1.29, 1.82) is 0 Å². The number of rotatable bonds is 3. The molecule has 0 bridgehead atoms. The topological polar surface area (TPSA) is 81.4 Å². The minimum atomic E-state index is -0.518. The monoisotopic (exact) mass is 242 g/mol. The third kappa shape index (κ3) is 4.34. The molecule has 1 unspecified atom stereocenters. The lowest BCUT2D eigenvalue weighted by atomic mass is 9.98. The van der Waals surface area contributed by atoms with Crippen LogP contribution in [0.25, 0.3) is 0 Å². The maximum absolute atomic E-state index is 11.6. The molecule has 5 heteroatoms. The molecule has 1 fully saturated rings. The van der Waals surface area contributed by atoms with Gasteiger partial charge < -0.3 is 15.8 Å². The van der Waals surface area contributed by atoms with E-state index >= 15 is 0 Å². The van der Waals surface area contributed by atoms with Crippen LogP contribution in [0.15, 0.2) is 0 Å². The summed E-state index contributed by atoms with van der Waals surface area (Å²) in [6.07, 6.45) is 2.10. The number of carbonyl (C=O) groups excluding carboxylic acids is 2. The van der Waals surface area contributed by atoms with Gasteiger partial charge in [0.2, 0.25) is 0 Å². The fourth-order valence-corrected chi connectivity index (χ4v) is 2.13. The first-order valence-corrected chi connectivity index (χ1v) is 6.06. The lowest BCUT2D eigenvalue weighted by Gasteiger charge is -2.24. The predicted octanol–water partition coefficient (Wildman–Crippen LogP) is 1.21. The SMILES string of the molecule is CC(C)(C)OC(=O)NC1CCC[C@H]1C(=O)CN. The Morgan fingerprint density at radius 2 is 2.00 bits per heavy atom. The van der Waals surface area contributed by atoms with Crippen LogP contribution in [0.5, 0.6) is 0 Å². The van der Waals surface area contributed by atoms with Crippen molar-refractivity contribution in [3.63, 3.8) is 0 Å². The summed E-state index contributed by atoms with van der Waals surface area (Å²) in [5, 5.41) is 2.76. The number of hydrogen-bond acceptors (Lipinski definition) is 4. The molecule has 0 radical (unpaired) electrons. The zero-order chi connectivity index (χ0) is 13.1. The van der Waals surface area contributed by atoms with Crippen LogP contribution in [0, 0.1) is 5.92 Å². The van der Waals surface area contributed by atoms with Gasteiger partial charge >= 0.3 is 6.09 Å². The van der Waals surface area contributed by atoms with Crippen LogP contribution in [0.3, 0.4) is 0 Å². The van der Waals surface area contributed by atoms with E-state index in [2.05, 4.69) is 5.32 Å². The van der Waals surface area contributed by atoms with Crippen molar-refractivity contribution in [2.45, 2.75) is 51.7 Å². The quantitative estimate of drug-likeness (QED) is 0.779. The molecule has 1 aliphatic carbocycles. The van der Waals surface area contributed by atoms with Gasteiger partial charge in [-0.05, 0) is 33.6 Å². The molecule has 98 valence electrons. The van der Waals surface area contributed by atoms with E-state index in [1.165, 1.54) is 0 Å². The predicted molar refractivity (Wildman–Crippen MR) is 64.6 cm³/mol. The summed E-state index contributed by atoms with van der Waals surface area (Å²) in [6, 6.07) is -0.124. The van der Waals surface area contributed by atoms with Crippen LogP contribution >= 0.6 is 0 Å². The fraction of sp³-hybridized carbons (Fsp3) is 0.833. The maximum Gasteiger partial charge on any atom is 0.407 e. The average Bonchev–Trinajstić information content (AvgIpc) is 2.61. The molecule has 3 N–H and O–H groups in total. The van der Waals surface area contributed by atoms with Gasteiger partial charge in [0.1, 0.15) is 5.60 Å². The highest BCUT2D eigenvalue weighted by molar-refractivity contribution is 5.84. The Morgan fingerprint density at radius 3 is 2.53 bits per heavy atom. The number of Topliss-reactive ketones (excluding diaryl/α,β-unsaturated/α-hetero) is 1. The molecule has 17 heavy (non-hydrogen) atoms. The number of nitrogens with two attached hydrogens (primary N) is 1. The summed E-state index contributed by atoms with van der Waals surface area (Å²) in [5.41, 5.74) is 4.84. The van der Waals surface area contributed by atoms with Crippen molar-refractivity contribution in [2.24, 2.45) is 11.7 Å². The van der Waals surface area contributed by atoms with Gasteiger partial charge in [-0.2, -0.15) is 0 Å². The number of ketones is 1. The van der Waals surface area contributed by atoms with E-state index in [4.69, 9.17) is 10.5 Å². The van der Waals surface area contributed by atoms with Crippen molar-refractivity contribution in [3.05, 3.63) is 0 Å². The molecule has 1 saturated carbocycles. The van der Waals surface area contributed by atoms with E-state index < -0.39 is 11.7 Å². The van der Waals surface area contributed by atoms with E-state index in [1.807, 2.05) is 20.8 Å². The number of hydrogen-bond donors (Lipinski definition) is 2. The first kappa shape index (κ1) is 14.0. The molecule has 1 rings (SSSR count). The molecule has 1 aliphatic rings. The highest BCUT2D eigenvalue weighted by Crippen LogP contribution is 2.26. The van der Waals surface area contributed by atoms with Gasteiger partial charge in [0.15, 0.2) is 5.78 Å². The molecule has 5 nitrogen and oxygen atoms in total. The number of alkyl carbamates (subject to hydrolysis) is 1. The molecule has 0 spiro atoms. The molecule has 0 aliphatic heterocycles. The summed E-state index contributed by atoms with van der Waals surface area (Å²) in [7, 11) is 0. The molecule has 1 amide bonds. The normalized spacial score (nSPS) is 24.5. The number of carbonyl (C=O) groups is 2. The lowest BCUT2D eigenvalue weighted by molar-refractivity contribution is -0.121. The van der Waals surface area contributed by atoms with Gasteiger partial charge in [0.25, 0.3) is 0 Å². The number of nitrogens with one attached hydrogen (secondary N) is 1. The first-order valence-electron chi connectivity index (χ1n) is 6.06.